The highest BCUT2D eigenvalue weighted by molar-refractivity contribution is 7.92. The third-order valence-electron chi connectivity index (χ3n) is 2.42. The highest BCUT2D eigenvalue weighted by Gasteiger charge is 2.13. The predicted octanol–water partition coefficient (Wildman–Crippen LogP) is 1.35. The number of aryl methyl sites for hydroxylation is 1. The van der Waals surface area contributed by atoms with Crippen LogP contribution in [0.5, 0.6) is 5.75 Å². The molecule has 1 rings (SSSR count). The molecule has 5 nitrogen and oxygen atoms in total. The molecule has 6 heteroatoms. The Labute approximate surface area is 109 Å². The summed E-state index contributed by atoms with van der Waals surface area (Å²) in [5.74, 6) is 0.561. The minimum Gasteiger partial charge on any atom is -0.495 e. The van der Waals surface area contributed by atoms with Gasteiger partial charge >= 0.3 is 0 Å². The van der Waals surface area contributed by atoms with E-state index in [1.165, 1.54) is 7.11 Å². The van der Waals surface area contributed by atoms with Gasteiger partial charge in [0.15, 0.2) is 0 Å². The van der Waals surface area contributed by atoms with Crippen molar-refractivity contribution in [2.24, 2.45) is 0 Å². The minimum atomic E-state index is -3.35. The fourth-order valence-electron chi connectivity index (χ4n) is 1.50. The first kappa shape index (κ1) is 14.8. The zero-order chi connectivity index (χ0) is 13.6. The van der Waals surface area contributed by atoms with Gasteiger partial charge in [0, 0.05) is 6.54 Å². The first-order chi connectivity index (χ1) is 8.48. The quantitative estimate of drug-likeness (QED) is 0.735. The van der Waals surface area contributed by atoms with E-state index >= 15 is 0 Å². The fraction of sp³-hybridized carbons (Fsp3) is 0.500. The minimum absolute atomic E-state index is 0.0396. The molecule has 0 fully saturated rings. The first-order valence-electron chi connectivity index (χ1n) is 5.84. The molecule has 0 aliphatic heterocycles. The molecular weight excluding hydrogens is 252 g/mol. The molecule has 1 aromatic carbocycles. The average molecular weight is 272 g/mol. The van der Waals surface area contributed by atoms with Crippen molar-refractivity contribution in [1.29, 1.82) is 0 Å². The van der Waals surface area contributed by atoms with Crippen molar-refractivity contribution in [1.82, 2.24) is 5.32 Å². The second-order valence-electron chi connectivity index (χ2n) is 3.98. The molecule has 0 unspecified atom stereocenters. The molecule has 0 saturated heterocycles. The summed E-state index contributed by atoms with van der Waals surface area (Å²) in [6, 6.07) is 5.37. The molecule has 18 heavy (non-hydrogen) atoms. The van der Waals surface area contributed by atoms with E-state index in [2.05, 4.69) is 10.0 Å². The molecule has 1 aromatic rings. The Bertz CT molecular complexity index is 486. The fourth-order valence-corrected chi connectivity index (χ4v) is 2.51. The number of anilines is 1. The van der Waals surface area contributed by atoms with Gasteiger partial charge in [-0.2, -0.15) is 0 Å². The maximum absolute atomic E-state index is 11.8. The third-order valence-corrected chi connectivity index (χ3v) is 3.69. The van der Waals surface area contributed by atoms with Crippen molar-refractivity contribution in [3.8, 4) is 5.75 Å². The summed E-state index contributed by atoms with van der Waals surface area (Å²) in [5.41, 5.74) is 1.45. The van der Waals surface area contributed by atoms with Gasteiger partial charge in [0.2, 0.25) is 10.0 Å². The van der Waals surface area contributed by atoms with Gasteiger partial charge in [-0.05, 0) is 31.2 Å². The molecule has 0 amide bonds. The number of rotatable bonds is 7. The van der Waals surface area contributed by atoms with Crippen LogP contribution in [0.1, 0.15) is 12.5 Å². The zero-order valence-corrected chi connectivity index (χ0v) is 11.8. The summed E-state index contributed by atoms with van der Waals surface area (Å²) in [5, 5.41) is 2.98. The molecular formula is C12H20N2O3S. The summed E-state index contributed by atoms with van der Waals surface area (Å²) >= 11 is 0. The molecule has 2 N–H and O–H groups in total. The Balaban J connectivity index is 2.79. The van der Waals surface area contributed by atoms with Gasteiger partial charge in [-0.25, -0.2) is 8.42 Å². The maximum Gasteiger partial charge on any atom is 0.234 e. The Morgan fingerprint density at radius 3 is 2.67 bits per heavy atom. The number of hydrogen-bond donors (Lipinski definition) is 2. The van der Waals surface area contributed by atoms with E-state index in [9.17, 15) is 8.42 Å². The van der Waals surface area contributed by atoms with E-state index in [1.54, 1.807) is 12.1 Å². The summed E-state index contributed by atoms with van der Waals surface area (Å²) < 4.78 is 31.4. The summed E-state index contributed by atoms with van der Waals surface area (Å²) in [6.07, 6.45) is 0. The summed E-state index contributed by atoms with van der Waals surface area (Å²) in [7, 11) is -1.83. The van der Waals surface area contributed by atoms with Crippen molar-refractivity contribution in [3.63, 3.8) is 0 Å². The lowest BCUT2D eigenvalue weighted by Crippen LogP contribution is -2.26. The molecule has 0 bridgehead atoms. The van der Waals surface area contributed by atoms with Crippen LogP contribution in [0.4, 0.5) is 5.69 Å². The number of methoxy groups -OCH3 is 1. The molecule has 0 aliphatic rings. The number of ether oxygens (including phenoxy) is 1. The molecule has 0 aromatic heterocycles. The van der Waals surface area contributed by atoms with Gasteiger partial charge in [0.05, 0.1) is 18.6 Å². The number of sulfonamides is 1. The van der Waals surface area contributed by atoms with Crippen LogP contribution in [0.3, 0.4) is 0 Å². The Morgan fingerprint density at radius 1 is 1.33 bits per heavy atom. The van der Waals surface area contributed by atoms with Gasteiger partial charge in [-0.15, -0.1) is 0 Å². The van der Waals surface area contributed by atoms with E-state index in [4.69, 9.17) is 4.74 Å². The molecule has 102 valence electrons. The van der Waals surface area contributed by atoms with E-state index < -0.39 is 10.0 Å². The number of benzene rings is 1. The molecule has 0 spiro atoms. The van der Waals surface area contributed by atoms with Crippen molar-refractivity contribution < 1.29 is 13.2 Å². The van der Waals surface area contributed by atoms with Crippen molar-refractivity contribution >= 4 is 15.7 Å². The van der Waals surface area contributed by atoms with Crippen LogP contribution < -0.4 is 14.8 Å². The molecule has 0 aliphatic carbocycles. The van der Waals surface area contributed by atoms with E-state index in [0.29, 0.717) is 18.0 Å². The Morgan fingerprint density at radius 2 is 2.06 bits per heavy atom. The number of hydrogen-bond acceptors (Lipinski definition) is 4. The number of nitrogens with one attached hydrogen (secondary N) is 2. The Kier molecular flexibility index (Phi) is 5.43. The lowest BCUT2D eigenvalue weighted by molar-refractivity contribution is 0.417. The van der Waals surface area contributed by atoms with Gasteiger partial charge in [0.25, 0.3) is 0 Å². The van der Waals surface area contributed by atoms with Crippen LogP contribution in [0.25, 0.3) is 0 Å². The van der Waals surface area contributed by atoms with Gasteiger partial charge in [-0.1, -0.05) is 13.0 Å². The topological polar surface area (TPSA) is 67.4 Å². The van der Waals surface area contributed by atoms with Crippen LogP contribution in [0.15, 0.2) is 18.2 Å². The van der Waals surface area contributed by atoms with Crippen molar-refractivity contribution in [2.75, 3.05) is 30.7 Å². The first-order valence-corrected chi connectivity index (χ1v) is 7.49. The Hall–Kier alpha value is -1.27. The largest absolute Gasteiger partial charge is 0.495 e. The van der Waals surface area contributed by atoms with Crippen LogP contribution in [0.2, 0.25) is 0 Å². The van der Waals surface area contributed by atoms with E-state index in [1.807, 2.05) is 19.9 Å². The predicted molar refractivity (Wildman–Crippen MR) is 73.7 cm³/mol. The lowest BCUT2D eigenvalue weighted by atomic mass is 10.2. The lowest BCUT2D eigenvalue weighted by Gasteiger charge is -2.12. The molecule has 0 saturated carbocycles. The van der Waals surface area contributed by atoms with Crippen LogP contribution in [-0.2, 0) is 10.0 Å². The van der Waals surface area contributed by atoms with E-state index in [-0.39, 0.29) is 5.75 Å². The third kappa shape index (κ3) is 4.54. The molecule has 0 heterocycles. The van der Waals surface area contributed by atoms with Crippen LogP contribution in [-0.4, -0.2) is 34.4 Å². The summed E-state index contributed by atoms with van der Waals surface area (Å²) in [4.78, 5) is 0. The summed E-state index contributed by atoms with van der Waals surface area (Å²) in [6.45, 7) is 5.02. The van der Waals surface area contributed by atoms with Gasteiger partial charge < -0.3 is 10.1 Å². The van der Waals surface area contributed by atoms with Crippen molar-refractivity contribution in [2.45, 2.75) is 13.8 Å². The smallest absolute Gasteiger partial charge is 0.234 e. The highest BCUT2D eigenvalue weighted by atomic mass is 32.2. The second-order valence-corrected chi connectivity index (χ2v) is 5.82. The van der Waals surface area contributed by atoms with Gasteiger partial charge in [-0.3, -0.25) is 4.72 Å². The second kappa shape index (κ2) is 6.61. The van der Waals surface area contributed by atoms with E-state index in [0.717, 1.165) is 12.1 Å². The highest BCUT2D eigenvalue weighted by Crippen LogP contribution is 2.26. The average Bonchev–Trinajstić information content (AvgIpc) is 2.29. The van der Waals surface area contributed by atoms with Crippen LogP contribution >= 0.6 is 0 Å². The standard InChI is InChI=1S/C12H20N2O3S/c1-4-13-7-8-18(15,16)14-11-9-10(2)5-6-12(11)17-3/h5-6,9,13-14H,4,7-8H2,1-3H3. The SMILES string of the molecule is CCNCCS(=O)(=O)Nc1cc(C)ccc1OC. The van der Waals surface area contributed by atoms with Gasteiger partial charge in [0.1, 0.15) is 5.75 Å². The molecule has 0 atom stereocenters. The maximum atomic E-state index is 11.8. The zero-order valence-electron chi connectivity index (χ0n) is 11.0. The monoisotopic (exact) mass is 272 g/mol. The van der Waals surface area contributed by atoms with Crippen molar-refractivity contribution in [3.05, 3.63) is 23.8 Å². The normalized spacial score (nSPS) is 11.3. The molecule has 0 radical (unpaired) electrons. The van der Waals surface area contributed by atoms with Crippen LogP contribution in [0, 0.1) is 6.92 Å².